The lowest BCUT2D eigenvalue weighted by molar-refractivity contribution is -0.120. The third kappa shape index (κ3) is 3.78. The van der Waals surface area contributed by atoms with Crippen LogP contribution < -0.4 is 5.32 Å². The van der Waals surface area contributed by atoms with E-state index in [4.69, 9.17) is 11.6 Å². The number of hydrogen-bond acceptors (Lipinski definition) is 2. The highest BCUT2D eigenvalue weighted by Crippen LogP contribution is 2.26. The van der Waals surface area contributed by atoms with Gasteiger partial charge in [-0.3, -0.25) is 9.59 Å². The molecule has 1 atom stereocenters. The molecule has 3 aromatic carbocycles. The van der Waals surface area contributed by atoms with Crippen LogP contribution in [0.4, 0.5) is 5.69 Å². The zero-order chi connectivity index (χ0) is 19.5. The van der Waals surface area contributed by atoms with Crippen molar-refractivity contribution in [2.75, 3.05) is 5.32 Å². The summed E-state index contributed by atoms with van der Waals surface area (Å²) in [5, 5.41) is 3.52. The lowest BCUT2D eigenvalue weighted by atomic mass is 10.0. The molecule has 1 N–H and O–H groups in total. The van der Waals surface area contributed by atoms with Gasteiger partial charge in [0.2, 0.25) is 5.91 Å². The summed E-state index contributed by atoms with van der Waals surface area (Å²) in [5.41, 5.74) is 3.27. The maximum absolute atomic E-state index is 13.1. The van der Waals surface area contributed by atoms with Gasteiger partial charge < -0.3 is 10.2 Å². The molecular formula is C23H19ClN2O2. The number of anilines is 1. The first kappa shape index (κ1) is 18.3. The zero-order valence-corrected chi connectivity index (χ0v) is 15.9. The molecule has 3 aromatic rings. The predicted octanol–water partition coefficient (Wildman–Crippen LogP) is 4.55. The summed E-state index contributed by atoms with van der Waals surface area (Å²) >= 11 is 5.93. The van der Waals surface area contributed by atoms with Gasteiger partial charge in [-0.15, -0.1) is 0 Å². The molecule has 2 amide bonds. The van der Waals surface area contributed by atoms with E-state index < -0.39 is 6.04 Å². The molecule has 0 radical (unpaired) electrons. The quantitative estimate of drug-likeness (QED) is 0.695. The van der Waals surface area contributed by atoms with Crippen LogP contribution in [0.2, 0.25) is 5.02 Å². The number of carbonyl (C=O) groups is 2. The number of fused-ring (bicyclic) bond motifs is 1. The fraction of sp³-hybridized carbons (Fsp3) is 0.130. The van der Waals surface area contributed by atoms with Crippen molar-refractivity contribution in [3.63, 3.8) is 0 Å². The van der Waals surface area contributed by atoms with Crippen molar-refractivity contribution in [3.05, 3.63) is 101 Å². The second-order valence-electron chi connectivity index (χ2n) is 6.79. The van der Waals surface area contributed by atoms with Crippen molar-refractivity contribution >= 4 is 29.1 Å². The molecule has 0 saturated carbocycles. The van der Waals surface area contributed by atoms with Crippen LogP contribution in [0.1, 0.15) is 21.5 Å². The summed E-state index contributed by atoms with van der Waals surface area (Å²) in [6, 6.07) is 23.6. The van der Waals surface area contributed by atoms with Crippen LogP contribution in [-0.4, -0.2) is 22.8 Å². The van der Waals surface area contributed by atoms with Gasteiger partial charge in [0.1, 0.15) is 6.04 Å². The van der Waals surface area contributed by atoms with Crippen LogP contribution in [0.25, 0.3) is 0 Å². The number of nitrogens with zero attached hydrogens (tertiary/aromatic N) is 1. The van der Waals surface area contributed by atoms with E-state index in [1.807, 2.05) is 54.6 Å². The third-order valence-electron chi connectivity index (χ3n) is 4.91. The van der Waals surface area contributed by atoms with Crippen LogP contribution in [0, 0.1) is 0 Å². The van der Waals surface area contributed by atoms with E-state index >= 15 is 0 Å². The predicted molar refractivity (Wildman–Crippen MR) is 110 cm³/mol. The number of amides is 2. The highest BCUT2D eigenvalue weighted by Gasteiger charge is 2.36. The Bertz CT molecular complexity index is 1000. The fourth-order valence-electron chi connectivity index (χ4n) is 3.47. The number of rotatable bonds is 5. The standard InChI is InChI=1S/C23H19ClN2O2/c24-18-10-12-19(13-11-18)25-22(27)21(14-16-6-2-1-3-7-16)26-15-17-8-4-5-9-20(17)23(26)28/h1-13,21H,14-15H2,(H,25,27)/t21-/m1/s1. The second kappa shape index (κ2) is 7.87. The topological polar surface area (TPSA) is 49.4 Å². The van der Waals surface area contributed by atoms with Crippen LogP contribution in [0.15, 0.2) is 78.9 Å². The van der Waals surface area contributed by atoms with E-state index in [-0.39, 0.29) is 11.8 Å². The highest BCUT2D eigenvalue weighted by molar-refractivity contribution is 6.30. The summed E-state index contributed by atoms with van der Waals surface area (Å²) in [7, 11) is 0. The summed E-state index contributed by atoms with van der Waals surface area (Å²) in [5.74, 6) is -0.324. The molecular weight excluding hydrogens is 372 g/mol. The van der Waals surface area contributed by atoms with Gasteiger partial charge in [-0.05, 0) is 41.5 Å². The van der Waals surface area contributed by atoms with Crippen molar-refractivity contribution in [1.82, 2.24) is 4.90 Å². The lowest BCUT2D eigenvalue weighted by Gasteiger charge is -2.27. The number of nitrogens with one attached hydrogen (secondary N) is 1. The van der Waals surface area contributed by atoms with Crippen molar-refractivity contribution in [2.45, 2.75) is 19.0 Å². The summed E-state index contributed by atoms with van der Waals surface area (Å²) in [4.78, 5) is 27.8. The largest absolute Gasteiger partial charge is 0.324 e. The Morgan fingerprint density at radius 3 is 2.36 bits per heavy atom. The van der Waals surface area contributed by atoms with E-state index in [9.17, 15) is 9.59 Å². The van der Waals surface area contributed by atoms with Gasteiger partial charge in [0.05, 0.1) is 0 Å². The molecule has 0 aliphatic carbocycles. The van der Waals surface area contributed by atoms with Crippen LogP contribution >= 0.6 is 11.6 Å². The SMILES string of the molecule is O=C(Nc1ccc(Cl)cc1)[C@@H](Cc1ccccc1)N1Cc2ccccc2C1=O. The maximum atomic E-state index is 13.1. The van der Waals surface area contributed by atoms with Gasteiger partial charge in [-0.2, -0.15) is 0 Å². The molecule has 5 heteroatoms. The summed E-state index contributed by atoms with van der Waals surface area (Å²) in [6.07, 6.45) is 0.444. The Labute approximate surface area is 168 Å². The molecule has 0 bridgehead atoms. The Hall–Kier alpha value is -3.11. The number of carbonyl (C=O) groups excluding carboxylic acids is 2. The second-order valence-corrected chi connectivity index (χ2v) is 7.23. The van der Waals surface area contributed by atoms with E-state index in [1.165, 1.54) is 0 Å². The number of benzene rings is 3. The summed E-state index contributed by atoms with van der Waals surface area (Å²) in [6.45, 7) is 0.431. The first-order valence-corrected chi connectivity index (χ1v) is 9.49. The minimum Gasteiger partial charge on any atom is -0.324 e. The zero-order valence-electron chi connectivity index (χ0n) is 15.1. The van der Waals surface area contributed by atoms with Gasteiger partial charge in [-0.25, -0.2) is 0 Å². The van der Waals surface area contributed by atoms with Gasteiger partial charge in [0.15, 0.2) is 0 Å². The molecule has 1 aliphatic rings. The lowest BCUT2D eigenvalue weighted by Crippen LogP contribution is -2.45. The molecule has 0 unspecified atom stereocenters. The number of halogens is 1. The Balaban J connectivity index is 1.61. The number of hydrogen-bond donors (Lipinski definition) is 1. The van der Waals surface area contributed by atoms with Gasteiger partial charge in [0.25, 0.3) is 5.91 Å². The normalized spacial score (nSPS) is 13.9. The first-order valence-electron chi connectivity index (χ1n) is 9.11. The Morgan fingerprint density at radius 2 is 1.64 bits per heavy atom. The molecule has 4 nitrogen and oxygen atoms in total. The highest BCUT2D eigenvalue weighted by atomic mass is 35.5. The fourth-order valence-corrected chi connectivity index (χ4v) is 3.60. The van der Waals surface area contributed by atoms with Crippen molar-refractivity contribution in [1.29, 1.82) is 0 Å². The molecule has 140 valence electrons. The first-order chi connectivity index (χ1) is 13.6. The van der Waals surface area contributed by atoms with Gasteiger partial charge in [-0.1, -0.05) is 60.1 Å². The molecule has 0 saturated heterocycles. The third-order valence-corrected chi connectivity index (χ3v) is 5.16. The minimum absolute atomic E-state index is 0.109. The summed E-state index contributed by atoms with van der Waals surface area (Å²) < 4.78 is 0. The van der Waals surface area contributed by atoms with Crippen LogP contribution in [0.3, 0.4) is 0 Å². The average molecular weight is 391 g/mol. The smallest absolute Gasteiger partial charge is 0.255 e. The Kier molecular flexibility index (Phi) is 5.13. The maximum Gasteiger partial charge on any atom is 0.255 e. The van der Waals surface area contributed by atoms with E-state index in [2.05, 4.69) is 5.32 Å². The molecule has 1 heterocycles. The van der Waals surface area contributed by atoms with Crippen LogP contribution in [-0.2, 0) is 17.8 Å². The van der Waals surface area contributed by atoms with Crippen molar-refractivity contribution < 1.29 is 9.59 Å². The van der Waals surface area contributed by atoms with E-state index in [0.717, 1.165) is 11.1 Å². The molecule has 0 aromatic heterocycles. The molecule has 0 spiro atoms. The molecule has 1 aliphatic heterocycles. The molecule has 4 rings (SSSR count). The van der Waals surface area contributed by atoms with Gasteiger partial charge in [0, 0.05) is 29.2 Å². The van der Waals surface area contributed by atoms with Crippen LogP contribution in [0.5, 0.6) is 0 Å². The van der Waals surface area contributed by atoms with E-state index in [0.29, 0.717) is 29.2 Å². The molecule has 0 fully saturated rings. The van der Waals surface area contributed by atoms with Crippen molar-refractivity contribution in [2.24, 2.45) is 0 Å². The van der Waals surface area contributed by atoms with E-state index in [1.54, 1.807) is 29.2 Å². The average Bonchev–Trinajstić information content (AvgIpc) is 3.05. The van der Waals surface area contributed by atoms with Crippen molar-refractivity contribution in [3.8, 4) is 0 Å². The van der Waals surface area contributed by atoms with Gasteiger partial charge >= 0.3 is 0 Å². The monoisotopic (exact) mass is 390 g/mol. The Morgan fingerprint density at radius 1 is 0.964 bits per heavy atom. The minimum atomic E-state index is -0.613. The molecule has 28 heavy (non-hydrogen) atoms.